The Morgan fingerprint density at radius 1 is 1.30 bits per heavy atom. The van der Waals surface area contributed by atoms with Gasteiger partial charge in [-0.25, -0.2) is 0 Å². The molecule has 0 spiro atoms. The number of nitro groups is 1. The number of aromatic nitrogens is 1. The summed E-state index contributed by atoms with van der Waals surface area (Å²) in [5, 5.41) is 18.8. The second-order valence-corrected chi connectivity index (χ2v) is 4.55. The first-order valence-corrected chi connectivity index (χ1v) is 6.66. The van der Waals surface area contributed by atoms with Crippen LogP contribution in [0.2, 0.25) is 0 Å². The number of nitrogens with zero attached hydrogens (tertiary/aromatic N) is 2. The second-order valence-electron chi connectivity index (χ2n) is 4.55. The highest BCUT2D eigenvalue weighted by Crippen LogP contribution is 2.28. The Hall–Kier alpha value is -2.48. The van der Waals surface area contributed by atoms with Crippen molar-refractivity contribution in [2.45, 2.75) is 13.5 Å². The van der Waals surface area contributed by atoms with E-state index in [-0.39, 0.29) is 46.3 Å². The average Bonchev–Trinajstić information content (AvgIpc) is 2.50. The van der Waals surface area contributed by atoms with Gasteiger partial charge in [0.15, 0.2) is 11.5 Å². The average molecular weight is 382 g/mol. The molecule has 0 radical (unpaired) electrons. The van der Waals surface area contributed by atoms with E-state index in [2.05, 4.69) is 0 Å². The molecule has 7 nitrogen and oxygen atoms in total. The molecule has 0 atom stereocenters. The van der Waals surface area contributed by atoms with Gasteiger partial charge in [0.05, 0.1) is 23.4 Å². The zero-order chi connectivity index (χ0) is 16.1. The lowest BCUT2D eigenvalue weighted by Gasteiger charge is -2.07. The minimum Gasteiger partial charge on any atom is -0.487 e. The lowest BCUT2D eigenvalue weighted by molar-refractivity contribution is -0.385. The fraction of sp³-hybridized carbons (Fsp3) is 0.200. The van der Waals surface area contributed by atoms with Gasteiger partial charge in [0.2, 0.25) is 0 Å². The van der Waals surface area contributed by atoms with Gasteiger partial charge in [-0.3, -0.25) is 14.9 Å². The van der Waals surface area contributed by atoms with Crippen molar-refractivity contribution in [3.8, 4) is 5.75 Å². The number of nitrogens with one attached hydrogen (secondary N) is 1. The minimum absolute atomic E-state index is 0. The predicted octanol–water partition coefficient (Wildman–Crippen LogP) is 2.74. The molecule has 0 saturated carbocycles. The summed E-state index contributed by atoms with van der Waals surface area (Å²) < 4.78 is 6.80. The normalized spacial score (nSPS) is 9.78. The van der Waals surface area contributed by atoms with Gasteiger partial charge in [-0.05, 0) is 31.2 Å². The van der Waals surface area contributed by atoms with Crippen molar-refractivity contribution < 1.29 is 14.5 Å². The van der Waals surface area contributed by atoms with Gasteiger partial charge in [-0.15, -0.1) is 17.0 Å². The van der Waals surface area contributed by atoms with Crippen LogP contribution in [0.15, 0.2) is 42.7 Å². The van der Waals surface area contributed by atoms with Crippen molar-refractivity contribution in [3.63, 3.8) is 0 Å². The van der Waals surface area contributed by atoms with Gasteiger partial charge < -0.3 is 14.7 Å². The first-order valence-electron chi connectivity index (χ1n) is 6.66. The number of nitro benzene ring substituents is 1. The van der Waals surface area contributed by atoms with Crippen molar-refractivity contribution >= 4 is 28.5 Å². The summed E-state index contributed by atoms with van der Waals surface area (Å²) in [7, 11) is 0. The van der Waals surface area contributed by atoms with Crippen LogP contribution in [0.5, 0.6) is 5.75 Å². The molecule has 23 heavy (non-hydrogen) atoms. The third-order valence-corrected chi connectivity index (χ3v) is 2.99. The van der Waals surface area contributed by atoms with Crippen LogP contribution in [0.25, 0.3) is 0 Å². The van der Waals surface area contributed by atoms with Crippen LogP contribution < -0.4 is 10.1 Å². The lowest BCUT2D eigenvalue weighted by Crippen LogP contribution is -2.12. The number of Topliss-reactive ketones (excluding diaryl/α,β-unsaturated/α-hetero) is 1. The van der Waals surface area contributed by atoms with Gasteiger partial charge in [-0.2, -0.15) is 0 Å². The van der Waals surface area contributed by atoms with Crippen molar-refractivity contribution in [2.75, 3.05) is 6.61 Å². The highest BCUT2D eigenvalue weighted by molar-refractivity contribution is 8.93. The third-order valence-electron chi connectivity index (χ3n) is 2.99. The van der Waals surface area contributed by atoms with Crippen molar-refractivity contribution in [1.82, 2.24) is 4.57 Å². The molecule has 1 aromatic heterocycles. The van der Waals surface area contributed by atoms with Crippen LogP contribution in [0, 0.1) is 15.5 Å². The highest BCUT2D eigenvalue weighted by Gasteiger charge is 2.18. The van der Waals surface area contributed by atoms with E-state index < -0.39 is 4.92 Å². The molecule has 1 aromatic carbocycles. The topological polar surface area (TPSA) is 98.2 Å². The summed E-state index contributed by atoms with van der Waals surface area (Å²) in [6.45, 7) is 2.09. The summed E-state index contributed by atoms with van der Waals surface area (Å²) in [4.78, 5) is 22.7. The van der Waals surface area contributed by atoms with E-state index in [0.717, 1.165) is 0 Å². The Kier molecular flexibility index (Phi) is 6.65. The van der Waals surface area contributed by atoms with Crippen LogP contribution in [-0.2, 0) is 6.54 Å². The van der Waals surface area contributed by atoms with E-state index >= 15 is 0 Å². The molecule has 122 valence electrons. The number of ketones is 1. The van der Waals surface area contributed by atoms with E-state index in [0.29, 0.717) is 12.0 Å². The number of rotatable bonds is 6. The number of hydrogen-bond acceptors (Lipinski definition) is 5. The predicted molar refractivity (Wildman–Crippen MR) is 89.2 cm³/mol. The standard InChI is InChI=1S/C15H15N3O4.BrH/c1-2-22-15-4-3-11(9-13(15)18(20)21)14(19)10-17-7-5-12(16)6-8-17;/h3-9,16H,2,10H2,1H3;1H. The quantitative estimate of drug-likeness (QED) is 0.472. The Labute approximate surface area is 143 Å². The smallest absolute Gasteiger partial charge is 0.311 e. The van der Waals surface area contributed by atoms with E-state index in [9.17, 15) is 14.9 Å². The van der Waals surface area contributed by atoms with Crippen molar-refractivity contribution in [2.24, 2.45) is 0 Å². The summed E-state index contributed by atoms with van der Waals surface area (Å²) >= 11 is 0. The van der Waals surface area contributed by atoms with E-state index in [1.807, 2.05) is 0 Å². The second kappa shape index (κ2) is 8.23. The van der Waals surface area contributed by atoms with Gasteiger partial charge in [0, 0.05) is 24.0 Å². The largest absolute Gasteiger partial charge is 0.487 e. The van der Waals surface area contributed by atoms with Crippen molar-refractivity contribution in [3.05, 3.63) is 63.8 Å². The molecule has 0 unspecified atom stereocenters. The first kappa shape index (κ1) is 18.6. The molecule has 0 aliphatic carbocycles. The first-order chi connectivity index (χ1) is 10.5. The molecule has 2 rings (SSSR count). The van der Waals surface area contributed by atoms with Crippen LogP contribution in [-0.4, -0.2) is 21.9 Å². The molecule has 0 fully saturated rings. The summed E-state index contributed by atoms with van der Waals surface area (Å²) in [6.07, 6.45) is 3.23. The molecule has 0 amide bonds. The summed E-state index contributed by atoms with van der Waals surface area (Å²) in [6, 6.07) is 7.31. The molecule has 0 bridgehead atoms. The molecule has 2 aromatic rings. The van der Waals surface area contributed by atoms with Crippen LogP contribution in [0.3, 0.4) is 0 Å². The number of hydrogen-bond donors (Lipinski definition) is 1. The van der Waals surface area contributed by atoms with E-state index in [4.69, 9.17) is 10.1 Å². The van der Waals surface area contributed by atoms with Crippen LogP contribution in [0.1, 0.15) is 17.3 Å². The number of carbonyl (C=O) groups is 1. The zero-order valence-electron chi connectivity index (χ0n) is 12.4. The fourth-order valence-corrected chi connectivity index (χ4v) is 1.93. The van der Waals surface area contributed by atoms with Gasteiger partial charge in [0.25, 0.3) is 0 Å². The number of carbonyl (C=O) groups excluding carboxylic acids is 1. The number of halogens is 1. The fourth-order valence-electron chi connectivity index (χ4n) is 1.93. The Morgan fingerprint density at radius 3 is 2.52 bits per heavy atom. The maximum Gasteiger partial charge on any atom is 0.311 e. The number of benzene rings is 1. The Bertz CT molecular complexity index is 753. The molecule has 0 aliphatic rings. The van der Waals surface area contributed by atoms with Crippen molar-refractivity contribution in [1.29, 1.82) is 5.41 Å². The van der Waals surface area contributed by atoms with Crippen LogP contribution >= 0.6 is 17.0 Å². The maximum atomic E-state index is 12.2. The SMILES string of the molecule is Br.CCOc1ccc(C(=O)Cn2ccc(=N)cc2)cc1[N+](=O)[O-]. The van der Waals surface area contributed by atoms with E-state index in [1.54, 1.807) is 36.0 Å². The number of pyridine rings is 1. The maximum absolute atomic E-state index is 12.2. The molecule has 0 saturated heterocycles. The molecule has 0 aliphatic heterocycles. The molecular weight excluding hydrogens is 366 g/mol. The third kappa shape index (κ3) is 4.75. The van der Waals surface area contributed by atoms with Crippen LogP contribution in [0.4, 0.5) is 5.69 Å². The highest BCUT2D eigenvalue weighted by atomic mass is 79.9. The number of ether oxygens (including phenoxy) is 1. The zero-order valence-corrected chi connectivity index (χ0v) is 14.1. The molecule has 1 heterocycles. The van der Waals surface area contributed by atoms with Gasteiger partial charge in [-0.1, -0.05) is 0 Å². The monoisotopic (exact) mass is 381 g/mol. The van der Waals surface area contributed by atoms with E-state index in [1.165, 1.54) is 18.2 Å². The lowest BCUT2D eigenvalue weighted by atomic mass is 10.1. The van der Waals surface area contributed by atoms with Gasteiger partial charge >= 0.3 is 5.69 Å². The Balaban J connectivity index is 0.00000264. The van der Waals surface area contributed by atoms with Gasteiger partial charge in [0.1, 0.15) is 0 Å². The molecule has 8 heteroatoms. The molecular formula is C15H16BrN3O4. The minimum atomic E-state index is -0.566. The summed E-state index contributed by atoms with van der Waals surface area (Å²) in [5.41, 5.74) is 0.0248. The molecule has 1 N–H and O–H groups in total. The Morgan fingerprint density at radius 2 is 1.96 bits per heavy atom. The summed E-state index contributed by atoms with van der Waals surface area (Å²) in [5.74, 6) is -0.107.